The lowest BCUT2D eigenvalue weighted by molar-refractivity contribution is 0.396. The predicted molar refractivity (Wildman–Crippen MR) is 76.1 cm³/mol. The average Bonchev–Trinajstić information content (AvgIpc) is 2.75. The van der Waals surface area contributed by atoms with E-state index in [4.69, 9.17) is 13.9 Å². The molecule has 1 N–H and O–H groups in total. The van der Waals surface area contributed by atoms with Crippen LogP contribution < -0.4 is 14.8 Å². The van der Waals surface area contributed by atoms with Gasteiger partial charge in [0.25, 0.3) is 0 Å². The molecule has 1 atom stereocenters. The van der Waals surface area contributed by atoms with E-state index in [1.807, 2.05) is 12.1 Å². The summed E-state index contributed by atoms with van der Waals surface area (Å²) in [5, 5.41) is 4.38. The van der Waals surface area contributed by atoms with Gasteiger partial charge in [-0.1, -0.05) is 6.92 Å². The second kappa shape index (κ2) is 5.53. The molecule has 0 saturated carbocycles. The molecule has 2 aromatic rings. The Balaban J connectivity index is 2.61. The van der Waals surface area contributed by atoms with Gasteiger partial charge in [0, 0.05) is 17.7 Å². The van der Waals surface area contributed by atoms with Crippen molar-refractivity contribution in [1.82, 2.24) is 5.32 Å². The van der Waals surface area contributed by atoms with E-state index >= 15 is 0 Å². The van der Waals surface area contributed by atoms with Crippen LogP contribution in [0.15, 0.2) is 16.5 Å². The number of fused-ring (bicyclic) bond motifs is 1. The lowest BCUT2D eigenvalue weighted by Crippen LogP contribution is -2.17. The first kappa shape index (κ1) is 13.7. The van der Waals surface area contributed by atoms with Crippen molar-refractivity contribution in [3.8, 4) is 11.5 Å². The lowest BCUT2D eigenvalue weighted by atomic mass is 10.1. The van der Waals surface area contributed by atoms with Gasteiger partial charge in [0.1, 0.15) is 22.8 Å². The minimum atomic E-state index is 0.174. The van der Waals surface area contributed by atoms with Crippen molar-refractivity contribution in [2.75, 3.05) is 20.8 Å². The lowest BCUT2D eigenvalue weighted by Gasteiger charge is -2.09. The molecule has 0 spiro atoms. The van der Waals surface area contributed by atoms with Crippen LogP contribution in [0.5, 0.6) is 11.5 Å². The monoisotopic (exact) mass is 263 g/mol. The number of ether oxygens (including phenoxy) is 2. The summed E-state index contributed by atoms with van der Waals surface area (Å²) in [6.07, 6.45) is 0. The molecule has 104 valence electrons. The second-order valence-electron chi connectivity index (χ2n) is 4.57. The van der Waals surface area contributed by atoms with Crippen molar-refractivity contribution >= 4 is 11.0 Å². The van der Waals surface area contributed by atoms with Gasteiger partial charge in [0.15, 0.2) is 0 Å². The molecule has 4 nitrogen and oxygen atoms in total. The number of methoxy groups -OCH3 is 2. The summed E-state index contributed by atoms with van der Waals surface area (Å²) < 4.78 is 16.7. The Labute approximate surface area is 113 Å². The number of aryl methyl sites for hydroxylation is 1. The Hall–Kier alpha value is -1.68. The Morgan fingerprint density at radius 1 is 1.26 bits per heavy atom. The molecule has 1 aromatic heterocycles. The van der Waals surface area contributed by atoms with Crippen LogP contribution in [0.4, 0.5) is 0 Å². The van der Waals surface area contributed by atoms with Gasteiger partial charge in [0.05, 0.1) is 25.6 Å². The summed E-state index contributed by atoms with van der Waals surface area (Å²) in [4.78, 5) is 0. The van der Waals surface area contributed by atoms with Crippen LogP contribution in [-0.4, -0.2) is 20.8 Å². The van der Waals surface area contributed by atoms with Gasteiger partial charge < -0.3 is 19.2 Å². The van der Waals surface area contributed by atoms with E-state index in [2.05, 4.69) is 26.1 Å². The molecular formula is C15H21NO3. The van der Waals surface area contributed by atoms with Crippen LogP contribution >= 0.6 is 0 Å². The van der Waals surface area contributed by atoms with E-state index in [1.165, 1.54) is 0 Å². The topological polar surface area (TPSA) is 43.6 Å². The summed E-state index contributed by atoms with van der Waals surface area (Å²) in [7, 11) is 3.30. The fraction of sp³-hybridized carbons (Fsp3) is 0.467. The zero-order chi connectivity index (χ0) is 14.0. The quantitative estimate of drug-likeness (QED) is 0.897. The average molecular weight is 263 g/mol. The number of rotatable bonds is 5. The molecule has 0 aliphatic rings. The van der Waals surface area contributed by atoms with Crippen molar-refractivity contribution in [3.63, 3.8) is 0 Å². The molecule has 4 heteroatoms. The largest absolute Gasteiger partial charge is 0.496 e. The third-order valence-electron chi connectivity index (χ3n) is 3.36. The predicted octanol–water partition coefficient (Wildman–Crippen LogP) is 3.43. The zero-order valence-corrected chi connectivity index (χ0v) is 12.2. The van der Waals surface area contributed by atoms with Gasteiger partial charge in [-0.05, 0) is 20.4 Å². The highest BCUT2D eigenvalue weighted by Gasteiger charge is 2.19. The number of benzene rings is 1. The smallest absolute Gasteiger partial charge is 0.142 e. The van der Waals surface area contributed by atoms with Gasteiger partial charge in [-0.15, -0.1) is 0 Å². The van der Waals surface area contributed by atoms with Crippen molar-refractivity contribution in [1.29, 1.82) is 0 Å². The number of hydrogen-bond donors (Lipinski definition) is 1. The van der Waals surface area contributed by atoms with E-state index in [-0.39, 0.29) is 6.04 Å². The standard InChI is InChI=1S/C15H21NO3/c1-6-16-10(3)15-9(2)14-12(18-5)7-11(17-4)8-13(14)19-15/h7-8,10,16H,6H2,1-5H3. The molecular weight excluding hydrogens is 242 g/mol. The molecule has 0 aliphatic heterocycles. The fourth-order valence-electron chi connectivity index (χ4n) is 2.43. The van der Waals surface area contributed by atoms with E-state index < -0.39 is 0 Å². The summed E-state index contributed by atoms with van der Waals surface area (Å²) >= 11 is 0. The van der Waals surface area contributed by atoms with Crippen LogP contribution in [0.3, 0.4) is 0 Å². The maximum atomic E-state index is 5.98. The molecule has 0 amide bonds. The highest BCUT2D eigenvalue weighted by Crippen LogP contribution is 2.38. The summed E-state index contributed by atoms with van der Waals surface area (Å²) in [6.45, 7) is 7.14. The summed E-state index contributed by atoms with van der Waals surface area (Å²) in [6, 6.07) is 3.95. The first-order chi connectivity index (χ1) is 9.12. The Morgan fingerprint density at radius 2 is 2.00 bits per heavy atom. The van der Waals surface area contributed by atoms with Crippen LogP contribution in [0.2, 0.25) is 0 Å². The minimum absolute atomic E-state index is 0.174. The Kier molecular flexibility index (Phi) is 4.00. The van der Waals surface area contributed by atoms with E-state index in [9.17, 15) is 0 Å². The number of furan rings is 1. The Morgan fingerprint density at radius 3 is 2.58 bits per heavy atom. The summed E-state index contributed by atoms with van der Waals surface area (Å²) in [5.74, 6) is 2.47. The number of hydrogen-bond acceptors (Lipinski definition) is 4. The van der Waals surface area contributed by atoms with E-state index in [0.29, 0.717) is 0 Å². The van der Waals surface area contributed by atoms with Gasteiger partial charge in [-0.3, -0.25) is 0 Å². The molecule has 1 aromatic carbocycles. The molecule has 1 heterocycles. The molecule has 0 bridgehead atoms. The highest BCUT2D eigenvalue weighted by atomic mass is 16.5. The maximum absolute atomic E-state index is 5.98. The van der Waals surface area contributed by atoms with E-state index in [1.54, 1.807) is 14.2 Å². The van der Waals surface area contributed by atoms with Crippen molar-refractivity contribution in [2.45, 2.75) is 26.8 Å². The van der Waals surface area contributed by atoms with Gasteiger partial charge in [0.2, 0.25) is 0 Å². The fourth-order valence-corrected chi connectivity index (χ4v) is 2.43. The SMILES string of the molecule is CCNC(C)c1oc2cc(OC)cc(OC)c2c1C. The molecule has 2 rings (SSSR count). The second-order valence-corrected chi connectivity index (χ2v) is 4.57. The van der Waals surface area contributed by atoms with Crippen LogP contribution in [0, 0.1) is 6.92 Å². The Bertz CT molecular complexity index is 574. The molecule has 0 aliphatic carbocycles. The van der Waals surface area contributed by atoms with E-state index in [0.717, 1.165) is 40.3 Å². The molecule has 0 fully saturated rings. The van der Waals surface area contributed by atoms with Crippen LogP contribution in [0.25, 0.3) is 11.0 Å². The van der Waals surface area contributed by atoms with Crippen LogP contribution in [-0.2, 0) is 0 Å². The first-order valence-corrected chi connectivity index (χ1v) is 6.50. The summed E-state index contributed by atoms with van der Waals surface area (Å²) in [5.41, 5.74) is 1.91. The first-order valence-electron chi connectivity index (χ1n) is 6.50. The normalized spacial score (nSPS) is 12.7. The van der Waals surface area contributed by atoms with Gasteiger partial charge >= 0.3 is 0 Å². The molecule has 0 radical (unpaired) electrons. The molecule has 1 unspecified atom stereocenters. The maximum Gasteiger partial charge on any atom is 0.142 e. The van der Waals surface area contributed by atoms with Crippen molar-refractivity contribution in [3.05, 3.63) is 23.5 Å². The van der Waals surface area contributed by atoms with Crippen molar-refractivity contribution in [2.24, 2.45) is 0 Å². The highest BCUT2D eigenvalue weighted by molar-refractivity contribution is 5.89. The van der Waals surface area contributed by atoms with Crippen molar-refractivity contribution < 1.29 is 13.9 Å². The zero-order valence-electron chi connectivity index (χ0n) is 12.2. The molecule has 0 saturated heterocycles. The van der Waals surface area contributed by atoms with Gasteiger partial charge in [-0.25, -0.2) is 0 Å². The van der Waals surface area contributed by atoms with Crippen LogP contribution in [0.1, 0.15) is 31.2 Å². The molecule has 19 heavy (non-hydrogen) atoms. The van der Waals surface area contributed by atoms with Gasteiger partial charge in [-0.2, -0.15) is 0 Å². The minimum Gasteiger partial charge on any atom is -0.496 e. The third-order valence-corrected chi connectivity index (χ3v) is 3.36. The third kappa shape index (κ3) is 2.40. The number of nitrogens with one attached hydrogen (secondary N) is 1.